The summed E-state index contributed by atoms with van der Waals surface area (Å²) in [6.45, 7) is 4.00. The number of amides is 1. The number of thiophene rings is 1. The van der Waals surface area contributed by atoms with Gasteiger partial charge in [0.05, 0.1) is 40.5 Å². The van der Waals surface area contributed by atoms with Crippen molar-refractivity contribution in [3.63, 3.8) is 0 Å². The Labute approximate surface area is 215 Å². The molecule has 6 aromatic rings. The number of carbonyl (C=O) groups excluding carboxylic acids is 1. The van der Waals surface area contributed by atoms with Gasteiger partial charge in [0.15, 0.2) is 5.13 Å². The highest BCUT2D eigenvalue weighted by molar-refractivity contribution is 7.14. The van der Waals surface area contributed by atoms with Gasteiger partial charge in [-0.15, -0.1) is 11.3 Å². The van der Waals surface area contributed by atoms with E-state index < -0.39 is 0 Å². The lowest BCUT2D eigenvalue weighted by atomic mass is 10.1. The van der Waals surface area contributed by atoms with Crippen molar-refractivity contribution < 1.29 is 9.18 Å². The number of carbonyl (C=O) groups is 1. The number of rotatable bonds is 6. The van der Waals surface area contributed by atoms with Crippen molar-refractivity contribution in [2.24, 2.45) is 5.92 Å². The van der Waals surface area contributed by atoms with Gasteiger partial charge in [0.25, 0.3) is 0 Å². The third-order valence-corrected chi connectivity index (χ3v) is 6.87. The second-order valence-corrected chi connectivity index (χ2v) is 10.2. The Morgan fingerprint density at radius 2 is 1.92 bits per heavy atom. The first-order chi connectivity index (χ1) is 17.9. The summed E-state index contributed by atoms with van der Waals surface area (Å²) in [7, 11) is 0. The first-order valence-electron chi connectivity index (χ1n) is 11.8. The molecule has 0 aliphatic heterocycles. The van der Waals surface area contributed by atoms with Crippen molar-refractivity contribution in [2.75, 3.05) is 5.32 Å². The first-order valence-corrected chi connectivity index (χ1v) is 12.6. The minimum atomic E-state index is -0.240. The summed E-state index contributed by atoms with van der Waals surface area (Å²) in [6, 6.07) is 10.9. The predicted octanol–water partition coefficient (Wildman–Crippen LogP) is 6.42. The smallest absolute Gasteiger partial charge is 0.224 e. The van der Waals surface area contributed by atoms with E-state index >= 15 is 0 Å². The van der Waals surface area contributed by atoms with Gasteiger partial charge in [0, 0.05) is 40.2 Å². The lowest BCUT2D eigenvalue weighted by Crippen LogP contribution is -2.13. The van der Waals surface area contributed by atoms with Crippen LogP contribution in [0.15, 0.2) is 61.2 Å². The Balaban J connectivity index is 1.38. The third kappa shape index (κ3) is 4.47. The molecule has 0 aliphatic rings. The molecule has 184 valence electrons. The number of pyridine rings is 3. The summed E-state index contributed by atoms with van der Waals surface area (Å²) in [5, 5.41) is 11.2. The van der Waals surface area contributed by atoms with E-state index in [1.165, 1.54) is 6.07 Å². The number of nitrogens with zero attached hydrogens (tertiary/aromatic N) is 4. The summed E-state index contributed by atoms with van der Waals surface area (Å²) < 4.78 is 13.7. The number of anilines is 1. The maximum Gasteiger partial charge on any atom is 0.224 e. The van der Waals surface area contributed by atoms with Gasteiger partial charge in [0.2, 0.25) is 5.91 Å². The average molecular weight is 512 g/mol. The average Bonchev–Trinajstić information content (AvgIpc) is 3.60. The quantitative estimate of drug-likeness (QED) is 0.239. The number of fused-ring (bicyclic) bond motifs is 2. The zero-order valence-electron chi connectivity index (χ0n) is 20.0. The minimum absolute atomic E-state index is 0.0487. The molecule has 6 rings (SSSR count). The molecule has 0 saturated heterocycles. The van der Waals surface area contributed by atoms with E-state index in [1.54, 1.807) is 30.9 Å². The van der Waals surface area contributed by atoms with Crippen LogP contribution in [0.4, 0.5) is 10.1 Å². The van der Waals surface area contributed by atoms with E-state index in [1.807, 2.05) is 38.1 Å². The van der Waals surface area contributed by atoms with Crippen LogP contribution < -0.4 is 5.32 Å². The number of halogens is 1. The van der Waals surface area contributed by atoms with Crippen molar-refractivity contribution in [1.29, 1.82) is 0 Å². The van der Waals surface area contributed by atoms with Crippen LogP contribution in [0.2, 0.25) is 0 Å². The first kappa shape index (κ1) is 23.0. The van der Waals surface area contributed by atoms with Crippen LogP contribution in [0, 0.1) is 11.0 Å². The van der Waals surface area contributed by atoms with E-state index in [2.05, 4.69) is 30.5 Å². The molecule has 0 fully saturated rings. The topological polar surface area (TPSA) is 112 Å². The summed E-state index contributed by atoms with van der Waals surface area (Å²) in [6.07, 6.45) is 7.26. The van der Waals surface area contributed by atoms with Crippen molar-refractivity contribution in [2.45, 2.75) is 20.3 Å². The maximum absolute atomic E-state index is 13.7. The number of nitrogens with one attached hydrogen (secondary N) is 3. The standard InChI is InChI=1S/C27H22FN7OS/c1-14(2)7-25(36)31-16-8-15(10-29-11-16)19-3-4-20-26(33-19)27(35-34-20)21-9-17-18(12-30-13-22(17)32-21)23-5-6-24(28)37-23/h3-6,8-14,32H,7H2,1-2H3,(H,31,36)(H,34,35). The second-order valence-electron chi connectivity index (χ2n) is 9.21. The highest BCUT2D eigenvalue weighted by atomic mass is 32.1. The van der Waals surface area contributed by atoms with Gasteiger partial charge >= 0.3 is 0 Å². The molecule has 3 N–H and O–H groups in total. The molecule has 37 heavy (non-hydrogen) atoms. The van der Waals surface area contributed by atoms with Crippen LogP contribution >= 0.6 is 11.3 Å². The normalized spacial score (nSPS) is 11.6. The summed E-state index contributed by atoms with van der Waals surface area (Å²) in [5.74, 6) is 0.218. The monoisotopic (exact) mass is 511 g/mol. The predicted molar refractivity (Wildman–Crippen MR) is 144 cm³/mol. The molecule has 0 atom stereocenters. The Bertz CT molecular complexity index is 1770. The van der Waals surface area contributed by atoms with Crippen molar-refractivity contribution >= 4 is 44.9 Å². The SMILES string of the molecule is CC(C)CC(=O)Nc1cncc(-c2ccc3[nH]nc(-c4cc5c(-c6ccc(F)s6)cncc5[nH]4)c3n2)c1. The molecule has 0 unspecified atom stereocenters. The number of H-pyrrole nitrogens is 2. The molecule has 6 aromatic heterocycles. The van der Waals surface area contributed by atoms with Crippen molar-refractivity contribution in [3.05, 3.63) is 66.3 Å². The lowest BCUT2D eigenvalue weighted by molar-refractivity contribution is -0.116. The van der Waals surface area contributed by atoms with Crippen molar-refractivity contribution in [3.8, 4) is 33.1 Å². The fraction of sp³-hybridized carbons (Fsp3) is 0.148. The number of aromatic nitrogens is 6. The van der Waals surface area contributed by atoms with Crippen LogP contribution in [0.3, 0.4) is 0 Å². The Kier molecular flexibility index (Phi) is 5.72. The molecule has 1 amide bonds. The summed E-state index contributed by atoms with van der Waals surface area (Å²) in [5.41, 5.74) is 6.68. The number of hydrogen-bond acceptors (Lipinski definition) is 6. The van der Waals surface area contributed by atoms with Gasteiger partial charge in [-0.2, -0.15) is 9.49 Å². The molecule has 10 heteroatoms. The fourth-order valence-electron chi connectivity index (χ4n) is 4.31. The summed E-state index contributed by atoms with van der Waals surface area (Å²) in [4.78, 5) is 29.9. The molecule has 6 heterocycles. The Morgan fingerprint density at radius 3 is 2.73 bits per heavy atom. The van der Waals surface area contributed by atoms with Gasteiger partial charge < -0.3 is 10.3 Å². The van der Waals surface area contributed by atoms with E-state index in [4.69, 9.17) is 4.98 Å². The van der Waals surface area contributed by atoms with Crippen LogP contribution in [0.5, 0.6) is 0 Å². The number of hydrogen-bond donors (Lipinski definition) is 3. The van der Waals surface area contributed by atoms with Crippen LogP contribution in [-0.4, -0.2) is 36.0 Å². The molecule has 0 bridgehead atoms. The minimum Gasteiger partial charge on any atom is -0.352 e. The van der Waals surface area contributed by atoms with Crippen molar-refractivity contribution in [1.82, 2.24) is 30.1 Å². The van der Waals surface area contributed by atoms with Gasteiger partial charge in [0.1, 0.15) is 11.2 Å². The molecule has 8 nitrogen and oxygen atoms in total. The molecule has 0 aliphatic carbocycles. The highest BCUT2D eigenvalue weighted by Gasteiger charge is 2.17. The third-order valence-electron chi connectivity index (χ3n) is 5.96. The van der Waals surface area contributed by atoms with Crippen LogP contribution in [-0.2, 0) is 4.79 Å². The molecule has 0 saturated carbocycles. The fourth-order valence-corrected chi connectivity index (χ4v) is 5.07. The zero-order valence-corrected chi connectivity index (χ0v) is 20.9. The van der Waals surface area contributed by atoms with Gasteiger partial charge in [-0.3, -0.25) is 19.9 Å². The summed E-state index contributed by atoms with van der Waals surface area (Å²) >= 11 is 1.09. The van der Waals surface area contributed by atoms with E-state index in [0.29, 0.717) is 29.0 Å². The van der Waals surface area contributed by atoms with Gasteiger partial charge in [-0.25, -0.2) is 4.98 Å². The highest BCUT2D eigenvalue weighted by Crippen LogP contribution is 2.36. The number of aromatic amines is 2. The zero-order chi connectivity index (χ0) is 25.5. The largest absolute Gasteiger partial charge is 0.352 e. The van der Waals surface area contributed by atoms with Gasteiger partial charge in [-0.1, -0.05) is 13.8 Å². The molecule has 0 aromatic carbocycles. The maximum atomic E-state index is 13.7. The molecule has 0 spiro atoms. The molecular formula is C27H22FN7OS. The second kappa shape index (κ2) is 9.21. The van der Waals surface area contributed by atoms with E-state index in [9.17, 15) is 9.18 Å². The van der Waals surface area contributed by atoms with Crippen LogP contribution in [0.1, 0.15) is 20.3 Å². The van der Waals surface area contributed by atoms with E-state index in [-0.39, 0.29) is 17.0 Å². The molecule has 0 radical (unpaired) electrons. The van der Waals surface area contributed by atoms with Gasteiger partial charge in [-0.05, 0) is 42.3 Å². The van der Waals surface area contributed by atoms with Crippen LogP contribution in [0.25, 0.3) is 55.0 Å². The lowest BCUT2D eigenvalue weighted by Gasteiger charge is -2.08. The Hall–Kier alpha value is -4.44. The Morgan fingerprint density at radius 1 is 1.05 bits per heavy atom. The van der Waals surface area contributed by atoms with E-state index in [0.717, 1.165) is 49.5 Å². The molecular weight excluding hydrogens is 489 g/mol.